The van der Waals surface area contributed by atoms with Crippen LogP contribution >= 0.6 is 0 Å². The minimum atomic E-state index is -0.488. The standard InChI is InChI=1S/C8H17NO.3C3H8O.Ti/c1-9(2)8(10)6-4-3-5-7-8;3*1-3(2)4;/h10H,3-7H2,1-2H3;3*3-4H,1-2H3;. The molecule has 1 rings (SSSR count). The fraction of sp³-hybridized carbons (Fsp3) is 1.00. The van der Waals surface area contributed by atoms with Crippen molar-refractivity contribution < 1.29 is 42.1 Å². The Kier molecular flexibility index (Phi) is 25.6. The van der Waals surface area contributed by atoms with Gasteiger partial charge in [0.05, 0.1) is 0 Å². The maximum Gasteiger partial charge on any atom is 0.118 e. The van der Waals surface area contributed by atoms with Gasteiger partial charge in [-0.3, -0.25) is 4.90 Å². The molecule has 4 N–H and O–H groups in total. The van der Waals surface area contributed by atoms with Crippen LogP contribution in [0, 0.1) is 0 Å². The third-order valence-electron chi connectivity index (χ3n) is 2.49. The third-order valence-corrected chi connectivity index (χ3v) is 2.49. The molecule has 0 aromatic carbocycles. The second-order valence-corrected chi connectivity index (χ2v) is 6.72. The van der Waals surface area contributed by atoms with E-state index in [1.165, 1.54) is 19.3 Å². The summed E-state index contributed by atoms with van der Waals surface area (Å²) in [6, 6.07) is 0. The van der Waals surface area contributed by atoms with Gasteiger partial charge >= 0.3 is 0 Å². The molecule has 1 saturated carbocycles. The summed E-state index contributed by atoms with van der Waals surface area (Å²) in [5.41, 5.74) is -0.488. The van der Waals surface area contributed by atoms with Gasteiger partial charge in [0, 0.05) is 40.0 Å². The van der Waals surface area contributed by atoms with E-state index in [9.17, 15) is 5.11 Å². The zero-order valence-corrected chi connectivity index (χ0v) is 18.1. The maximum atomic E-state index is 9.87. The fourth-order valence-corrected chi connectivity index (χ4v) is 1.57. The van der Waals surface area contributed by atoms with Gasteiger partial charge < -0.3 is 20.4 Å². The Bertz CT molecular complexity index is 196. The number of rotatable bonds is 1. The number of hydrogen-bond donors (Lipinski definition) is 4. The van der Waals surface area contributed by atoms with Crippen molar-refractivity contribution in [2.75, 3.05) is 14.1 Å². The average molecular weight is 371 g/mol. The third kappa shape index (κ3) is 34.7. The Morgan fingerprint density at radius 2 is 0.913 bits per heavy atom. The van der Waals surface area contributed by atoms with Crippen LogP contribution in [0.3, 0.4) is 0 Å². The molecule has 142 valence electrons. The molecule has 1 fully saturated rings. The van der Waals surface area contributed by atoms with Gasteiger partial charge in [-0.15, -0.1) is 0 Å². The molecular formula is C17H41NO4Ti. The van der Waals surface area contributed by atoms with E-state index in [4.69, 9.17) is 15.3 Å². The molecule has 0 unspecified atom stereocenters. The second-order valence-electron chi connectivity index (χ2n) is 6.72. The Labute approximate surface area is 159 Å². The molecule has 0 heterocycles. The van der Waals surface area contributed by atoms with Crippen LogP contribution in [0.25, 0.3) is 0 Å². The predicted molar refractivity (Wildman–Crippen MR) is 93.8 cm³/mol. The van der Waals surface area contributed by atoms with Crippen LogP contribution in [0.1, 0.15) is 73.6 Å². The van der Waals surface area contributed by atoms with Crippen molar-refractivity contribution in [3.63, 3.8) is 0 Å². The maximum absolute atomic E-state index is 9.87. The van der Waals surface area contributed by atoms with Crippen molar-refractivity contribution >= 4 is 0 Å². The summed E-state index contributed by atoms with van der Waals surface area (Å²) in [5, 5.41) is 34.0. The summed E-state index contributed by atoms with van der Waals surface area (Å²) >= 11 is 0. The minimum Gasteiger partial charge on any atom is -0.394 e. The molecule has 0 amide bonds. The summed E-state index contributed by atoms with van der Waals surface area (Å²) in [5.74, 6) is 0. The first-order valence-electron chi connectivity index (χ1n) is 8.29. The van der Waals surface area contributed by atoms with Crippen molar-refractivity contribution in [1.82, 2.24) is 4.90 Å². The van der Waals surface area contributed by atoms with E-state index in [0.29, 0.717) is 0 Å². The summed E-state index contributed by atoms with van der Waals surface area (Å²) < 4.78 is 0. The Morgan fingerprint density at radius 1 is 0.696 bits per heavy atom. The van der Waals surface area contributed by atoms with Gasteiger partial charge in [-0.1, -0.05) is 6.42 Å². The van der Waals surface area contributed by atoms with Crippen molar-refractivity contribution in [3.05, 3.63) is 0 Å². The van der Waals surface area contributed by atoms with Crippen molar-refractivity contribution in [1.29, 1.82) is 0 Å². The smallest absolute Gasteiger partial charge is 0.118 e. The number of hydrogen-bond acceptors (Lipinski definition) is 5. The molecular weight excluding hydrogens is 330 g/mol. The topological polar surface area (TPSA) is 84.2 Å². The monoisotopic (exact) mass is 371 g/mol. The largest absolute Gasteiger partial charge is 0.394 e. The number of aliphatic hydroxyl groups is 4. The zero-order valence-electron chi connectivity index (χ0n) is 16.5. The van der Waals surface area contributed by atoms with Gasteiger partial charge in [-0.05, 0) is 81.3 Å². The van der Waals surface area contributed by atoms with Crippen molar-refractivity contribution in [3.8, 4) is 0 Å². The van der Waals surface area contributed by atoms with Crippen LogP contribution in [0.15, 0.2) is 0 Å². The molecule has 0 aromatic rings. The first kappa shape index (κ1) is 31.3. The summed E-state index contributed by atoms with van der Waals surface area (Å²) in [6.45, 7) is 10.3. The molecule has 0 spiro atoms. The van der Waals surface area contributed by atoms with Crippen LogP contribution in [0.2, 0.25) is 0 Å². The number of nitrogens with zero attached hydrogens (tertiary/aromatic N) is 1. The molecule has 0 bridgehead atoms. The SMILES string of the molecule is CC(C)O.CC(C)O.CC(C)O.CN(C)C1(O)CCCCC1.[Ti]. The predicted octanol–water partition coefficient (Wildman–Crippen LogP) is 2.36. The summed E-state index contributed by atoms with van der Waals surface area (Å²) in [4.78, 5) is 1.94. The number of aliphatic hydroxyl groups excluding tert-OH is 3. The van der Waals surface area contributed by atoms with E-state index >= 15 is 0 Å². The summed E-state index contributed by atoms with van der Waals surface area (Å²) in [7, 11) is 3.90. The average Bonchev–Trinajstić information content (AvgIpc) is 2.27. The van der Waals surface area contributed by atoms with Gasteiger partial charge in [0.1, 0.15) is 5.72 Å². The van der Waals surface area contributed by atoms with Crippen LogP contribution < -0.4 is 0 Å². The zero-order chi connectivity index (χ0) is 18.3. The molecule has 23 heavy (non-hydrogen) atoms. The Hall–Kier alpha value is 0.514. The molecule has 0 aliphatic heterocycles. The van der Waals surface area contributed by atoms with Crippen LogP contribution in [0.5, 0.6) is 0 Å². The molecule has 6 heteroatoms. The Balaban J connectivity index is -0.000000118. The van der Waals surface area contributed by atoms with Gasteiger partial charge in [-0.25, -0.2) is 0 Å². The molecule has 1 aliphatic rings. The first-order valence-corrected chi connectivity index (χ1v) is 8.29. The van der Waals surface area contributed by atoms with Crippen molar-refractivity contribution in [2.24, 2.45) is 0 Å². The molecule has 0 aromatic heterocycles. The van der Waals surface area contributed by atoms with E-state index in [2.05, 4.69) is 0 Å². The fourth-order valence-electron chi connectivity index (χ4n) is 1.57. The Morgan fingerprint density at radius 3 is 1.04 bits per heavy atom. The first-order chi connectivity index (χ1) is 9.85. The molecule has 5 nitrogen and oxygen atoms in total. The van der Waals surface area contributed by atoms with Crippen LogP contribution in [-0.2, 0) is 21.7 Å². The van der Waals surface area contributed by atoms with E-state index in [1.807, 2.05) is 19.0 Å². The molecule has 0 radical (unpaired) electrons. The second kappa shape index (κ2) is 18.8. The normalized spacial score (nSPS) is 15.7. The van der Waals surface area contributed by atoms with Gasteiger partial charge in [0.15, 0.2) is 0 Å². The quantitative estimate of drug-likeness (QED) is 0.420. The summed E-state index contributed by atoms with van der Waals surface area (Å²) in [6.07, 6.45) is 5.03. The van der Waals surface area contributed by atoms with Crippen molar-refractivity contribution in [2.45, 2.75) is 97.7 Å². The molecule has 0 atom stereocenters. The van der Waals surface area contributed by atoms with Crippen LogP contribution in [0.4, 0.5) is 0 Å². The van der Waals surface area contributed by atoms with E-state index in [1.54, 1.807) is 41.5 Å². The van der Waals surface area contributed by atoms with E-state index in [0.717, 1.165) is 12.8 Å². The van der Waals surface area contributed by atoms with Crippen LogP contribution in [-0.4, -0.2) is 63.5 Å². The molecule has 0 saturated heterocycles. The van der Waals surface area contributed by atoms with E-state index < -0.39 is 5.72 Å². The minimum absolute atomic E-state index is 0. The van der Waals surface area contributed by atoms with E-state index in [-0.39, 0.29) is 40.0 Å². The molecule has 1 aliphatic carbocycles. The van der Waals surface area contributed by atoms with Gasteiger partial charge in [-0.2, -0.15) is 0 Å². The van der Waals surface area contributed by atoms with Gasteiger partial charge in [0.25, 0.3) is 0 Å². The van der Waals surface area contributed by atoms with Gasteiger partial charge in [0.2, 0.25) is 0 Å².